The summed E-state index contributed by atoms with van der Waals surface area (Å²) in [4.78, 5) is 11.8. The van der Waals surface area contributed by atoms with Gasteiger partial charge in [0.25, 0.3) is 5.91 Å². The zero-order valence-electron chi connectivity index (χ0n) is 11.0. The highest BCUT2D eigenvalue weighted by atomic mass is 19.3. The first-order valence-electron chi connectivity index (χ1n) is 6.03. The maximum absolute atomic E-state index is 12.2. The van der Waals surface area contributed by atoms with E-state index in [1.807, 2.05) is 0 Å². The van der Waals surface area contributed by atoms with Gasteiger partial charge in [-0.25, -0.2) is 0 Å². The summed E-state index contributed by atoms with van der Waals surface area (Å²) < 4.78 is 33.4. The van der Waals surface area contributed by atoms with Crippen LogP contribution in [0.2, 0.25) is 0 Å². The number of aliphatic hydroxyl groups is 1. The molecular weight excluding hydrogens is 272 g/mol. The second kappa shape index (κ2) is 8.44. The molecule has 0 aliphatic rings. The minimum atomic E-state index is -2.99. The number of nitrogens with one attached hydrogen (secondary N) is 1. The van der Waals surface area contributed by atoms with E-state index in [1.165, 1.54) is 25.3 Å². The number of rotatable bonds is 8. The second-order valence-electron chi connectivity index (χ2n) is 4.03. The van der Waals surface area contributed by atoms with E-state index in [2.05, 4.69) is 10.1 Å². The largest absolute Gasteiger partial charge is 0.434 e. The predicted molar refractivity (Wildman–Crippen MR) is 67.9 cm³/mol. The highest BCUT2D eigenvalue weighted by Gasteiger charge is 2.15. The van der Waals surface area contributed by atoms with Gasteiger partial charge in [0.1, 0.15) is 5.75 Å². The molecule has 1 unspecified atom stereocenters. The number of ether oxygens (including phenoxy) is 2. The van der Waals surface area contributed by atoms with Crippen molar-refractivity contribution >= 4 is 5.91 Å². The molecular formula is C13H17F2NO4. The summed E-state index contributed by atoms with van der Waals surface area (Å²) >= 11 is 0. The Labute approximate surface area is 115 Å². The Morgan fingerprint density at radius 1 is 1.40 bits per heavy atom. The summed E-state index contributed by atoms with van der Waals surface area (Å²) in [6.45, 7) is -2.62. The summed E-state index contributed by atoms with van der Waals surface area (Å²) in [5.41, 5.74) is 0.0223. The average Bonchev–Trinajstić information content (AvgIpc) is 2.38. The number of halogens is 2. The molecule has 1 atom stereocenters. The van der Waals surface area contributed by atoms with Gasteiger partial charge in [0, 0.05) is 13.7 Å². The minimum absolute atomic E-state index is 0.0223. The highest BCUT2D eigenvalue weighted by molar-refractivity contribution is 5.96. The monoisotopic (exact) mass is 289 g/mol. The quantitative estimate of drug-likeness (QED) is 0.759. The van der Waals surface area contributed by atoms with Crippen LogP contribution in [-0.2, 0) is 4.74 Å². The van der Waals surface area contributed by atoms with E-state index in [9.17, 15) is 18.7 Å². The Hall–Kier alpha value is -1.73. The second-order valence-corrected chi connectivity index (χ2v) is 4.03. The van der Waals surface area contributed by atoms with Gasteiger partial charge >= 0.3 is 6.61 Å². The molecule has 0 radical (unpaired) electrons. The molecule has 20 heavy (non-hydrogen) atoms. The van der Waals surface area contributed by atoms with E-state index in [1.54, 1.807) is 6.07 Å². The van der Waals surface area contributed by atoms with Gasteiger partial charge < -0.3 is 19.9 Å². The number of aliphatic hydroxyl groups excluding tert-OH is 1. The molecule has 1 aromatic rings. The van der Waals surface area contributed by atoms with E-state index in [-0.39, 0.29) is 24.5 Å². The lowest BCUT2D eigenvalue weighted by Gasteiger charge is -2.12. The first-order valence-corrected chi connectivity index (χ1v) is 6.03. The molecule has 5 nitrogen and oxygen atoms in total. The van der Waals surface area contributed by atoms with Crippen molar-refractivity contribution < 1.29 is 28.2 Å². The first kappa shape index (κ1) is 16.3. The summed E-state index contributed by atoms with van der Waals surface area (Å²) in [5.74, 6) is -0.719. The minimum Gasteiger partial charge on any atom is -0.434 e. The van der Waals surface area contributed by atoms with Gasteiger partial charge in [-0.3, -0.25) is 4.79 Å². The van der Waals surface area contributed by atoms with E-state index >= 15 is 0 Å². The molecule has 1 aromatic carbocycles. The summed E-state index contributed by atoms with van der Waals surface area (Å²) in [6, 6.07) is 5.73. The lowest BCUT2D eigenvalue weighted by molar-refractivity contribution is -0.0501. The summed E-state index contributed by atoms with van der Waals surface area (Å²) in [5, 5.41) is 11.9. The van der Waals surface area contributed by atoms with Crippen LogP contribution in [0.5, 0.6) is 5.75 Å². The van der Waals surface area contributed by atoms with E-state index in [0.717, 1.165) is 0 Å². The molecule has 0 saturated heterocycles. The van der Waals surface area contributed by atoms with E-state index < -0.39 is 18.6 Å². The average molecular weight is 289 g/mol. The Balaban J connectivity index is 2.55. The van der Waals surface area contributed by atoms with Gasteiger partial charge in [-0.15, -0.1) is 0 Å². The third-order valence-corrected chi connectivity index (χ3v) is 2.47. The van der Waals surface area contributed by atoms with Crippen molar-refractivity contribution in [2.45, 2.75) is 19.1 Å². The number of methoxy groups -OCH3 is 1. The van der Waals surface area contributed by atoms with Crippen molar-refractivity contribution in [3.63, 3.8) is 0 Å². The SMILES string of the molecule is COCC(O)CCNC(=O)c1ccccc1OC(F)F. The fourth-order valence-corrected chi connectivity index (χ4v) is 1.58. The number of carbonyl (C=O) groups excluding carboxylic acids is 1. The number of benzene rings is 1. The van der Waals surface area contributed by atoms with Crippen molar-refractivity contribution in [2.24, 2.45) is 0 Å². The number of hydrogen-bond acceptors (Lipinski definition) is 4. The Bertz CT molecular complexity index is 429. The standard InChI is InChI=1S/C13H17F2NO4/c1-19-8-9(17)6-7-16-12(18)10-4-2-3-5-11(10)20-13(14)15/h2-5,9,13,17H,6-8H2,1H3,(H,16,18). The third-order valence-electron chi connectivity index (χ3n) is 2.47. The smallest absolute Gasteiger partial charge is 0.387 e. The Morgan fingerprint density at radius 3 is 2.75 bits per heavy atom. The zero-order chi connectivity index (χ0) is 15.0. The van der Waals surface area contributed by atoms with Crippen molar-refractivity contribution in [3.8, 4) is 5.75 Å². The van der Waals surface area contributed by atoms with Gasteiger partial charge in [0.2, 0.25) is 0 Å². The highest BCUT2D eigenvalue weighted by Crippen LogP contribution is 2.19. The van der Waals surface area contributed by atoms with Gasteiger partial charge in [0.15, 0.2) is 0 Å². The van der Waals surface area contributed by atoms with Gasteiger partial charge in [-0.2, -0.15) is 8.78 Å². The Morgan fingerprint density at radius 2 is 2.10 bits per heavy atom. The van der Waals surface area contributed by atoms with Crippen LogP contribution in [0.3, 0.4) is 0 Å². The van der Waals surface area contributed by atoms with Crippen LogP contribution in [0.4, 0.5) is 8.78 Å². The topological polar surface area (TPSA) is 67.8 Å². The maximum Gasteiger partial charge on any atom is 0.387 e. The van der Waals surface area contributed by atoms with Crippen molar-refractivity contribution in [3.05, 3.63) is 29.8 Å². The number of para-hydroxylation sites is 1. The van der Waals surface area contributed by atoms with Crippen LogP contribution in [-0.4, -0.2) is 44.0 Å². The summed E-state index contributed by atoms with van der Waals surface area (Å²) in [6.07, 6.45) is -0.384. The lowest BCUT2D eigenvalue weighted by atomic mass is 10.2. The molecule has 1 rings (SSSR count). The fraction of sp³-hybridized carbons (Fsp3) is 0.462. The molecule has 0 spiro atoms. The molecule has 7 heteroatoms. The van der Waals surface area contributed by atoms with Crippen LogP contribution in [0.1, 0.15) is 16.8 Å². The molecule has 0 bridgehead atoms. The van der Waals surface area contributed by atoms with Crippen LogP contribution in [0.15, 0.2) is 24.3 Å². The molecule has 0 heterocycles. The van der Waals surface area contributed by atoms with E-state index in [0.29, 0.717) is 6.42 Å². The lowest BCUT2D eigenvalue weighted by Crippen LogP contribution is -2.29. The molecule has 1 amide bonds. The van der Waals surface area contributed by atoms with Crippen molar-refractivity contribution in [2.75, 3.05) is 20.3 Å². The van der Waals surface area contributed by atoms with Gasteiger partial charge in [-0.1, -0.05) is 12.1 Å². The molecule has 0 aromatic heterocycles. The molecule has 0 saturated carbocycles. The zero-order valence-corrected chi connectivity index (χ0v) is 11.0. The number of carbonyl (C=O) groups is 1. The molecule has 0 fully saturated rings. The predicted octanol–water partition coefficient (Wildman–Crippen LogP) is 1.42. The van der Waals surface area contributed by atoms with Crippen molar-refractivity contribution in [1.29, 1.82) is 0 Å². The number of amides is 1. The molecule has 112 valence electrons. The van der Waals surface area contributed by atoms with Crippen LogP contribution in [0, 0.1) is 0 Å². The van der Waals surface area contributed by atoms with Crippen LogP contribution >= 0.6 is 0 Å². The summed E-state index contributed by atoms with van der Waals surface area (Å²) in [7, 11) is 1.46. The number of hydrogen-bond donors (Lipinski definition) is 2. The number of alkyl halides is 2. The van der Waals surface area contributed by atoms with E-state index in [4.69, 9.17) is 4.74 Å². The fourth-order valence-electron chi connectivity index (χ4n) is 1.58. The van der Waals surface area contributed by atoms with Gasteiger partial charge in [-0.05, 0) is 18.6 Å². The molecule has 0 aliphatic heterocycles. The van der Waals surface area contributed by atoms with Crippen molar-refractivity contribution in [1.82, 2.24) is 5.32 Å². The Kier molecular flexibility index (Phi) is 6.89. The normalized spacial score (nSPS) is 12.2. The third kappa shape index (κ3) is 5.50. The first-order chi connectivity index (χ1) is 9.54. The van der Waals surface area contributed by atoms with Crippen LogP contribution in [0.25, 0.3) is 0 Å². The van der Waals surface area contributed by atoms with Gasteiger partial charge in [0.05, 0.1) is 18.3 Å². The molecule has 0 aliphatic carbocycles. The molecule has 2 N–H and O–H groups in total. The maximum atomic E-state index is 12.2. The van der Waals surface area contributed by atoms with Crippen LogP contribution < -0.4 is 10.1 Å².